The van der Waals surface area contributed by atoms with Crippen LogP contribution >= 0.6 is 0 Å². The van der Waals surface area contributed by atoms with E-state index in [1.807, 2.05) is 31.2 Å². The van der Waals surface area contributed by atoms with Gasteiger partial charge in [0.05, 0.1) is 13.2 Å². The van der Waals surface area contributed by atoms with E-state index in [4.69, 9.17) is 4.74 Å². The van der Waals surface area contributed by atoms with Crippen molar-refractivity contribution in [1.29, 1.82) is 0 Å². The molecular formula is C19H19N3O3. The molecule has 0 saturated carbocycles. The van der Waals surface area contributed by atoms with Gasteiger partial charge in [-0.2, -0.15) is 0 Å². The van der Waals surface area contributed by atoms with Crippen LogP contribution in [0.2, 0.25) is 0 Å². The molecule has 3 aromatic rings. The van der Waals surface area contributed by atoms with Gasteiger partial charge in [0, 0.05) is 19.4 Å². The van der Waals surface area contributed by atoms with Crippen LogP contribution in [0, 0.1) is 0 Å². The minimum absolute atomic E-state index is 0.0477. The Morgan fingerprint density at radius 1 is 1.20 bits per heavy atom. The second kappa shape index (κ2) is 6.76. The lowest BCUT2D eigenvalue weighted by atomic mass is 10.1. The van der Waals surface area contributed by atoms with Crippen LogP contribution in [0.4, 0.5) is 0 Å². The lowest BCUT2D eigenvalue weighted by molar-refractivity contribution is 0.0740. The highest BCUT2D eigenvalue weighted by molar-refractivity contribution is 5.93. The van der Waals surface area contributed by atoms with Crippen LogP contribution in [-0.4, -0.2) is 34.3 Å². The van der Waals surface area contributed by atoms with Gasteiger partial charge in [0.15, 0.2) is 0 Å². The summed E-state index contributed by atoms with van der Waals surface area (Å²) in [5, 5.41) is 0. The number of hydrogen-bond acceptors (Lipinski definition) is 4. The Labute approximate surface area is 145 Å². The number of methoxy groups -OCH3 is 1. The molecule has 25 heavy (non-hydrogen) atoms. The number of carbonyl (C=O) groups excluding carboxylic acids is 1. The number of hydrogen-bond donors (Lipinski definition) is 0. The predicted octanol–water partition coefficient (Wildman–Crippen LogP) is 2.54. The van der Waals surface area contributed by atoms with Gasteiger partial charge in [-0.3, -0.25) is 14.0 Å². The van der Waals surface area contributed by atoms with Gasteiger partial charge in [-0.1, -0.05) is 18.2 Å². The van der Waals surface area contributed by atoms with E-state index in [9.17, 15) is 9.59 Å². The molecule has 0 saturated heterocycles. The van der Waals surface area contributed by atoms with Crippen LogP contribution in [-0.2, 0) is 0 Å². The van der Waals surface area contributed by atoms with Gasteiger partial charge >= 0.3 is 0 Å². The van der Waals surface area contributed by atoms with Crippen LogP contribution < -0.4 is 10.3 Å². The van der Waals surface area contributed by atoms with Crippen LogP contribution in [0.5, 0.6) is 5.75 Å². The van der Waals surface area contributed by atoms with Crippen LogP contribution in [0.25, 0.3) is 5.65 Å². The summed E-state index contributed by atoms with van der Waals surface area (Å²) in [6.07, 6.45) is 2.95. The van der Waals surface area contributed by atoms with Crippen molar-refractivity contribution >= 4 is 11.6 Å². The van der Waals surface area contributed by atoms with Crippen LogP contribution in [0.1, 0.15) is 28.9 Å². The van der Waals surface area contributed by atoms with Crippen molar-refractivity contribution in [2.24, 2.45) is 0 Å². The molecule has 0 aliphatic rings. The monoisotopic (exact) mass is 337 g/mol. The zero-order chi connectivity index (χ0) is 18.0. The maximum Gasteiger partial charge on any atom is 0.270 e. The van der Waals surface area contributed by atoms with Crippen molar-refractivity contribution in [3.05, 3.63) is 76.3 Å². The number of aromatic nitrogens is 2. The van der Waals surface area contributed by atoms with Crippen LogP contribution in [0.3, 0.4) is 0 Å². The van der Waals surface area contributed by atoms with Gasteiger partial charge in [-0.25, -0.2) is 4.98 Å². The molecule has 1 aromatic carbocycles. The topological polar surface area (TPSA) is 63.9 Å². The Balaban J connectivity index is 1.91. The third-order valence-electron chi connectivity index (χ3n) is 4.34. The van der Waals surface area contributed by atoms with Crippen molar-refractivity contribution in [3.8, 4) is 5.75 Å². The van der Waals surface area contributed by atoms with E-state index in [0.29, 0.717) is 5.65 Å². The molecule has 6 nitrogen and oxygen atoms in total. The highest BCUT2D eigenvalue weighted by atomic mass is 16.5. The van der Waals surface area contributed by atoms with E-state index in [0.717, 1.165) is 11.3 Å². The summed E-state index contributed by atoms with van der Waals surface area (Å²) >= 11 is 0. The minimum Gasteiger partial charge on any atom is -0.497 e. The van der Waals surface area contributed by atoms with Crippen LogP contribution in [0.15, 0.2) is 59.7 Å². The number of amides is 1. The molecule has 1 amide bonds. The summed E-state index contributed by atoms with van der Waals surface area (Å²) in [7, 11) is 3.28. The number of fused-ring (bicyclic) bond motifs is 1. The van der Waals surface area contributed by atoms with E-state index in [2.05, 4.69) is 4.98 Å². The van der Waals surface area contributed by atoms with Gasteiger partial charge in [-0.05, 0) is 36.8 Å². The number of ether oxygens (including phenoxy) is 1. The third kappa shape index (κ3) is 3.10. The summed E-state index contributed by atoms with van der Waals surface area (Å²) in [6.45, 7) is 1.91. The minimum atomic E-state index is -0.371. The van der Waals surface area contributed by atoms with E-state index < -0.39 is 0 Å². The van der Waals surface area contributed by atoms with Crippen molar-refractivity contribution in [1.82, 2.24) is 14.3 Å². The first kappa shape index (κ1) is 16.7. The molecule has 0 fully saturated rings. The fourth-order valence-electron chi connectivity index (χ4n) is 2.65. The first-order valence-electron chi connectivity index (χ1n) is 7.90. The number of nitrogens with zero attached hydrogens (tertiary/aromatic N) is 3. The number of carbonyl (C=O) groups is 1. The Hall–Kier alpha value is -3.15. The highest BCUT2D eigenvalue weighted by Gasteiger charge is 2.22. The number of pyridine rings is 1. The largest absolute Gasteiger partial charge is 0.497 e. The Morgan fingerprint density at radius 3 is 2.60 bits per heavy atom. The molecule has 0 aliphatic carbocycles. The molecule has 2 heterocycles. The molecule has 2 aromatic heterocycles. The summed E-state index contributed by atoms with van der Waals surface area (Å²) in [6, 6.07) is 12.5. The standard InChI is InChI=1S/C19H19N3O3/c1-13(14-7-9-15(25-3)10-8-14)21(2)18(23)16-12-20-17-6-4-5-11-22(17)19(16)24/h4-13H,1-3H3. The summed E-state index contributed by atoms with van der Waals surface area (Å²) in [5.74, 6) is 0.390. The van der Waals surface area contributed by atoms with Gasteiger partial charge in [0.1, 0.15) is 17.0 Å². The van der Waals surface area contributed by atoms with Gasteiger partial charge in [0.2, 0.25) is 0 Å². The average molecular weight is 337 g/mol. The zero-order valence-electron chi connectivity index (χ0n) is 14.3. The fourth-order valence-corrected chi connectivity index (χ4v) is 2.65. The Bertz CT molecular complexity index is 964. The quantitative estimate of drug-likeness (QED) is 0.734. The number of rotatable bonds is 4. The predicted molar refractivity (Wildman–Crippen MR) is 95.0 cm³/mol. The second-order valence-electron chi connectivity index (χ2n) is 5.77. The fraction of sp³-hybridized carbons (Fsp3) is 0.211. The molecule has 1 atom stereocenters. The normalized spacial score (nSPS) is 12.0. The van der Waals surface area contributed by atoms with E-state index in [1.165, 1.54) is 15.5 Å². The van der Waals surface area contributed by atoms with Crippen molar-refractivity contribution in [3.63, 3.8) is 0 Å². The van der Waals surface area contributed by atoms with Crippen molar-refractivity contribution in [2.75, 3.05) is 14.2 Å². The maximum absolute atomic E-state index is 12.8. The van der Waals surface area contributed by atoms with E-state index in [1.54, 1.807) is 38.6 Å². The number of benzene rings is 1. The molecular weight excluding hydrogens is 318 g/mol. The smallest absolute Gasteiger partial charge is 0.270 e. The molecule has 0 spiro atoms. The molecule has 1 unspecified atom stereocenters. The van der Waals surface area contributed by atoms with Gasteiger partial charge < -0.3 is 9.64 Å². The molecule has 0 aliphatic heterocycles. The molecule has 3 rings (SSSR count). The average Bonchev–Trinajstić information content (AvgIpc) is 2.67. The maximum atomic E-state index is 12.8. The molecule has 0 N–H and O–H groups in total. The Morgan fingerprint density at radius 2 is 1.92 bits per heavy atom. The first-order chi connectivity index (χ1) is 12.0. The lowest BCUT2D eigenvalue weighted by Gasteiger charge is -2.25. The van der Waals surface area contributed by atoms with Crippen molar-refractivity contribution in [2.45, 2.75) is 13.0 Å². The lowest BCUT2D eigenvalue weighted by Crippen LogP contribution is -2.35. The van der Waals surface area contributed by atoms with Crippen molar-refractivity contribution < 1.29 is 9.53 Å². The molecule has 128 valence electrons. The third-order valence-corrected chi connectivity index (χ3v) is 4.34. The van der Waals surface area contributed by atoms with Gasteiger partial charge in [0.25, 0.3) is 11.5 Å². The molecule has 6 heteroatoms. The highest BCUT2D eigenvalue weighted by Crippen LogP contribution is 2.22. The zero-order valence-corrected chi connectivity index (χ0v) is 14.3. The first-order valence-corrected chi connectivity index (χ1v) is 7.90. The van der Waals surface area contributed by atoms with E-state index >= 15 is 0 Å². The second-order valence-corrected chi connectivity index (χ2v) is 5.77. The summed E-state index contributed by atoms with van der Waals surface area (Å²) in [5.41, 5.74) is 1.14. The molecule has 0 radical (unpaired) electrons. The SMILES string of the molecule is COc1ccc(C(C)N(C)C(=O)c2cnc3ccccn3c2=O)cc1. The Kier molecular flexibility index (Phi) is 4.52. The molecule has 0 bridgehead atoms. The summed E-state index contributed by atoms with van der Waals surface area (Å²) in [4.78, 5) is 31.1. The summed E-state index contributed by atoms with van der Waals surface area (Å²) < 4.78 is 6.52. The van der Waals surface area contributed by atoms with Gasteiger partial charge in [-0.15, -0.1) is 0 Å². The van der Waals surface area contributed by atoms with E-state index in [-0.39, 0.29) is 23.1 Å².